The van der Waals surface area contributed by atoms with E-state index < -0.39 is 0 Å². The standard InChI is InChI=1S/C23H16N4OS.C22H19N3O2.C9H6ClNS.CH4/c28-22-19-9-5-4-8-18(19)21(26-27-22)16-10-12-17(13-11-16)25-23-24-14-20(29-23)15-6-2-1-3-7-15;1-27-18-12-6-15(7-13-18)14-25-22(26)20-5-3-2-4-19(20)21(24-25)16-8-10-17(23)11-9-16;10-9-11-6-8(12-9)7-4-2-1-3-5-7;/h1-14H,(H,24,25)(H,27,28);2-13H,14,23H2,1H3;1-6H;1H4. The second-order valence-corrected chi connectivity index (χ2v) is 17.9. The summed E-state index contributed by atoms with van der Waals surface area (Å²) in [7, 11) is 1.63. The number of rotatable bonds is 9. The number of benzene rings is 7. The summed E-state index contributed by atoms with van der Waals surface area (Å²) < 4.78 is 7.29. The fourth-order valence-electron chi connectivity index (χ4n) is 7.33. The van der Waals surface area contributed by atoms with Crippen molar-refractivity contribution in [1.29, 1.82) is 0 Å². The number of anilines is 3. The van der Waals surface area contributed by atoms with Gasteiger partial charge in [-0.1, -0.05) is 164 Å². The summed E-state index contributed by atoms with van der Waals surface area (Å²) in [4.78, 5) is 35.6. The Labute approximate surface area is 411 Å². The van der Waals surface area contributed by atoms with Gasteiger partial charge in [0.1, 0.15) is 5.75 Å². The number of nitrogens with one attached hydrogen (secondary N) is 2. The number of H-pyrrole nitrogens is 1. The predicted molar refractivity (Wildman–Crippen MR) is 286 cm³/mol. The van der Waals surface area contributed by atoms with Crippen molar-refractivity contribution < 1.29 is 4.74 Å². The van der Waals surface area contributed by atoms with Crippen LogP contribution >= 0.6 is 34.3 Å². The van der Waals surface area contributed by atoms with Crippen molar-refractivity contribution in [2.24, 2.45) is 0 Å². The third-order valence-electron chi connectivity index (χ3n) is 10.7. The Balaban J connectivity index is 0.000000149. The highest BCUT2D eigenvalue weighted by molar-refractivity contribution is 7.19. The van der Waals surface area contributed by atoms with Crippen molar-refractivity contribution in [3.05, 3.63) is 225 Å². The Hall–Kier alpha value is -8.23. The molecule has 0 saturated heterocycles. The molecule has 0 amide bonds. The van der Waals surface area contributed by atoms with Gasteiger partial charge in [-0.15, -0.1) is 11.3 Å². The van der Waals surface area contributed by atoms with E-state index in [-0.39, 0.29) is 18.5 Å². The Bertz CT molecular complexity index is 3560. The van der Waals surface area contributed by atoms with E-state index in [1.54, 1.807) is 24.6 Å². The zero-order chi connectivity index (χ0) is 46.8. The number of nitrogens with zero attached hydrogens (tertiary/aromatic N) is 5. The van der Waals surface area contributed by atoms with Gasteiger partial charge < -0.3 is 15.8 Å². The maximum Gasteiger partial charge on any atom is 0.274 e. The van der Waals surface area contributed by atoms with Crippen molar-refractivity contribution in [1.82, 2.24) is 29.9 Å². The minimum atomic E-state index is -0.180. The highest BCUT2D eigenvalue weighted by Crippen LogP contribution is 2.32. The fourth-order valence-corrected chi connectivity index (χ4v) is 9.11. The topological polar surface area (TPSA) is 154 Å². The zero-order valence-electron chi connectivity index (χ0n) is 36.4. The summed E-state index contributed by atoms with van der Waals surface area (Å²) in [5.41, 5.74) is 13.8. The Morgan fingerprint density at radius 3 is 1.75 bits per heavy atom. The summed E-state index contributed by atoms with van der Waals surface area (Å²) >= 11 is 8.82. The monoisotopic (exact) mass is 964 g/mol. The summed E-state index contributed by atoms with van der Waals surface area (Å²) in [5.74, 6) is 0.778. The van der Waals surface area contributed by atoms with Crippen molar-refractivity contribution in [3.63, 3.8) is 0 Å². The number of thiazole rings is 2. The van der Waals surface area contributed by atoms with Gasteiger partial charge in [0.2, 0.25) is 0 Å². The number of fused-ring (bicyclic) bond motifs is 2. The molecule has 0 spiro atoms. The number of halogens is 1. The number of hydrogen-bond acceptors (Lipinski definition) is 11. The van der Waals surface area contributed by atoms with Crippen LogP contribution in [0.2, 0.25) is 4.47 Å². The lowest BCUT2D eigenvalue weighted by atomic mass is 10.0. The van der Waals surface area contributed by atoms with Crippen LogP contribution in [-0.4, -0.2) is 37.1 Å². The summed E-state index contributed by atoms with van der Waals surface area (Å²) in [6, 6.07) is 58.4. The molecule has 0 radical (unpaired) electrons. The lowest BCUT2D eigenvalue weighted by Gasteiger charge is -2.12. The SMILES string of the molecule is C.COc1ccc(Cn2nc(-c3ccc(N)cc3)c3ccccc3c2=O)cc1.Clc1ncc(-c2ccccc2)s1.O=c1[nH]nc(-c2ccc(Nc3ncc(-c4ccccc4)s3)cc2)c2ccccc12. The summed E-state index contributed by atoms with van der Waals surface area (Å²) in [5, 5.41) is 18.6. The van der Waals surface area contributed by atoms with Crippen molar-refractivity contribution in [3.8, 4) is 49.1 Å². The second-order valence-electron chi connectivity index (χ2n) is 15.2. The molecule has 0 fully saturated rings. The van der Waals surface area contributed by atoms with Crippen LogP contribution in [0.3, 0.4) is 0 Å². The molecular weight excluding hydrogens is 920 g/mol. The van der Waals surface area contributed by atoms with Gasteiger partial charge in [0.25, 0.3) is 11.1 Å². The van der Waals surface area contributed by atoms with Gasteiger partial charge in [-0.25, -0.2) is 19.7 Å². The molecule has 0 aliphatic heterocycles. The van der Waals surface area contributed by atoms with Gasteiger partial charge >= 0.3 is 0 Å². The average Bonchev–Trinajstić information content (AvgIpc) is 4.06. The third-order valence-corrected chi connectivity index (χ3v) is 12.9. The zero-order valence-corrected chi connectivity index (χ0v) is 38.8. The van der Waals surface area contributed by atoms with Crippen molar-refractivity contribution >= 4 is 72.3 Å². The third kappa shape index (κ3) is 11.3. The molecule has 69 heavy (non-hydrogen) atoms. The quantitative estimate of drug-likeness (QED) is 0.120. The Morgan fingerprint density at radius 1 is 0.609 bits per heavy atom. The van der Waals surface area contributed by atoms with Gasteiger partial charge in [-0.2, -0.15) is 10.2 Å². The van der Waals surface area contributed by atoms with Gasteiger partial charge in [0.05, 0.1) is 45.6 Å². The molecule has 4 N–H and O–H groups in total. The van der Waals surface area contributed by atoms with E-state index in [9.17, 15) is 9.59 Å². The summed E-state index contributed by atoms with van der Waals surface area (Å²) in [6.07, 6.45) is 3.68. The molecule has 14 heteroatoms. The summed E-state index contributed by atoms with van der Waals surface area (Å²) in [6.45, 7) is 0.385. The van der Waals surface area contributed by atoms with E-state index in [1.165, 1.54) is 21.6 Å². The molecule has 0 saturated carbocycles. The van der Waals surface area contributed by atoms with E-state index in [2.05, 4.69) is 42.7 Å². The normalized spacial score (nSPS) is 10.6. The lowest BCUT2D eigenvalue weighted by Crippen LogP contribution is -2.24. The van der Waals surface area contributed by atoms with Crippen LogP contribution in [0.15, 0.2) is 204 Å². The molecule has 11 nitrogen and oxygen atoms in total. The number of hydrogen-bond donors (Lipinski definition) is 3. The van der Waals surface area contributed by atoms with Crippen LogP contribution in [0.5, 0.6) is 5.75 Å². The largest absolute Gasteiger partial charge is 0.497 e. The smallest absolute Gasteiger partial charge is 0.274 e. The molecule has 4 aromatic heterocycles. The van der Waals surface area contributed by atoms with Gasteiger partial charge in [-0.05, 0) is 65.2 Å². The molecule has 4 heterocycles. The van der Waals surface area contributed by atoms with Gasteiger partial charge in [0.15, 0.2) is 9.60 Å². The van der Waals surface area contributed by atoms with Gasteiger partial charge in [-0.3, -0.25) is 9.59 Å². The van der Waals surface area contributed by atoms with Crippen LogP contribution in [-0.2, 0) is 6.54 Å². The van der Waals surface area contributed by atoms with E-state index in [0.717, 1.165) is 70.7 Å². The van der Waals surface area contributed by atoms with Crippen LogP contribution in [0.1, 0.15) is 13.0 Å². The average molecular weight is 966 g/mol. The molecule has 0 aliphatic carbocycles. The second kappa shape index (κ2) is 22.0. The molecule has 0 atom stereocenters. The van der Waals surface area contributed by atoms with Crippen LogP contribution in [0.4, 0.5) is 16.5 Å². The number of nitrogens with two attached hydrogens (primary N) is 1. The van der Waals surface area contributed by atoms with Crippen molar-refractivity contribution in [2.75, 3.05) is 18.2 Å². The van der Waals surface area contributed by atoms with E-state index in [1.807, 2.05) is 176 Å². The van der Waals surface area contributed by atoms with E-state index in [0.29, 0.717) is 27.5 Å². The molecule has 342 valence electrons. The lowest BCUT2D eigenvalue weighted by molar-refractivity contribution is 0.414. The number of ether oxygens (including phenoxy) is 1. The van der Waals surface area contributed by atoms with Gasteiger partial charge in [0, 0.05) is 45.7 Å². The minimum absolute atomic E-state index is 0. The molecule has 11 rings (SSSR count). The predicted octanol–water partition coefficient (Wildman–Crippen LogP) is 13.3. The molecule has 0 unspecified atom stereocenters. The molecular formula is C55H45ClN8O3S2. The maximum atomic E-state index is 12.9. The molecule has 11 aromatic rings. The highest BCUT2D eigenvalue weighted by atomic mass is 35.5. The fraction of sp³-hybridized carbons (Fsp3) is 0.0545. The Morgan fingerprint density at radius 2 is 1.14 bits per heavy atom. The first kappa shape index (κ1) is 47.3. The number of aromatic nitrogens is 6. The van der Waals surface area contributed by atoms with Crippen molar-refractivity contribution in [2.45, 2.75) is 14.0 Å². The Kier molecular flexibility index (Phi) is 15.1. The maximum absolute atomic E-state index is 12.9. The number of aromatic amines is 1. The van der Waals surface area contributed by atoms with Crippen LogP contribution in [0, 0.1) is 0 Å². The number of nitrogen functional groups attached to an aromatic ring is 1. The first-order chi connectivity index (χ1) is 33.3. The molecule has 7 aromatic carbocycles. The molecule has 0 bridgehead atoms. The van der Waals surface area contributed by atoms with Crippen LogP contribution in [0.25, 0.3) is 64.9 Å². The minimum Gasteiger partial charge on any atom is -0.497 e. The number of methoxy groups -OCH3 is 1. The molecule has 0 aliphatic rings. The highest BCUT2D eigenvalue weighted by Gasteiger charge is 2.13. The van der Waals surface area contributed by atoms with E-state index in [4.69, 9.17) is 22.1 Å². The van der Waals surface area contributed by atoms with Crippen LogP contribution < -0.4 is 26.9 Å². The first-order valence-corrected chi connectivity index (χ1v) is 23.3. The first-order valence-electron chi connectivity index (χ1n) is 21.3. The van der Waals surface area contributed by atoms with E-state index >= 15 is 0 Å².